The smallest absolute Gasteiger partial charge is 0.313 e. The second-order valence-electron chi connectivity index (χ2n) is 8.58. The Bertz CT molecular complexity index is 1170. The minimum Gasteiger partial charge on any atom is -0.480 e. The van der Waals surface area contributed by atoms with Gasteiger partial charge in [-0.05, 0) is 48.4 Å². The van der Waals surface area contributed by atoms with Crippen LogP contribution in [0.1, 0.15) is 53.7 Å². The van der Waals surface area contributed by atoms with Crippen molar-refractivity contribution in [3.8, 4) is 5.88 Å². The largest absolute Gasteiger partial charge is 0.480 e. The number of nitrogens with zero attached hydrogens (tertiary/aromatic N) is 3. The molecular formula is C23H26N6O5. The maximum atomic E-state index is 13.2. The third kappa shape index (κ3) is 4.68. The van der Waals surface area contributed by atoms with Gasteiger partial charge in [0.05, 0.1) is 25.0 Å². The van der Waals surface area contributed by atoms with Crippen molar-refractivity contribution in [3.63, 3.8) is 0 Å². The van der Waals surface area contributed by atoms with Gasteiger partial charge in [-0.3, -0.25) is 19.2 Å². The lowest BCUT2D eigenvalue weighted by Crippen LogP contribution is -2.46. The van der Waals surface area contributed by atoms with Crippen molar-refractivity contribution in [1.29, 1.82) is 0 Å². The number of pyridine rings is 2. The summed E-state index contributed by atoms with van der Waals surface area (Å²) in [6.07, 6.45) is 5.47. The zero-order valence-electron chi connectivity index (χ0n) is 19.0. The summed E-state index contributed by atoms with van der Waals surface area (Å²) in [6, 6.07) is 2.95. The van der Waals surface area contributed by atoms with E-state index in [2.05, 4.69) is 20.6 Å². The average Bonchev–Trinajstić information content (AvgIpc) is 2.83. The van der Waals surface area contributed by atoms with Crippen LogP contribution in [0.5, 0.6) is 5.88 Å². The molecule has 2 aromatic rings. The van der Waals surface area contributed by atoms with Crippen molar-refractivity contribution in [1.82, 2.24) is 14.9 Å². The van der Waals surface area contributed by atoms with Crippen molar-refractivity contribution in [3.05, 3.63) is 41.2 Å². The summed E-state index contributed by atoms with van der Waals surface area (Å²) < 4.78 is 5.00. The standard InChI is InChI=1S/C23H26N6O5/c1-12-3-5-17(14-7-13-4-6-18(30)28-20(13)25-9-14)29(11-12)23(33)21(32)27-15-8-16(19(24)31)22(34-2)26-10-15/h7-10,12,17H,3-6,11H2,1-2H3,(H2,24,31)(H,27,32)(H,25,28,30)/t12-,17+/m0/s1. The van der Waals surface area contributed by atoms with Gasteiger partial charge in [0.15, 0.2) is 0 Å². The molecule has 11 heteroatoms. The summed E-state index contributed by atoms with van der Waals surface area (Å²) in [5.74, 6) is -1.59. The molecule has 0 aliphatic carbocycles. The highest BCUT2D eigenvalue weighted by Gasteiger charge is 2.35. The molecule has 1 saturated heterocycles. The first-order valence-electron chi connectivity index (χ1n) is 11.0. The highest BCUT2D eigenvalue weighted by molar-refractivity contribution is 6.39. The van der Waals surface area contributed by atoms with Crippen LogP contribution in [0, 0.1) is 5.92 Å². The van der Waals surface area contributed by atoms with E-state index < -0.39 is 17.7 Å². The van der Waals surface area contributed by atoms with Crippen LogP contribution in [0.4, 0.5) is 11.5 Å². The summed E-state index contributed by atoms with van der Waals surface area (Å²) >= 11 is 0. The van der Waals surface area contributed by atoms with Gasteiger partial charge in [-0.25, -0.2) is 9.97 Å². The molecule has 11 nitrogen and oxygen atoms in total. The van der Waals surface area contributed by atoms with Gasteiger partial charge in [0.1, 0.15) is 11.4 Å². The first-order chi connectivity index (χ1) is 16.3. The van der Waals surface area contributed by atoms with Crippen molar-refractivity contribution in [2.24, 2.45) is 11.7 Å². The molecule has 0 bridgehead atoms. The van der Waals surface area contributed by atoms with Gasteiger partial charge in [-0.15, -0.1) is 0 Å². The predicted molar refractivity (Wildman–Crippen MR) is 122 cm³/mol. The fourth-order valence-electron chi connectivity index (χ4n) is 4.36. The molecule has 0 radical (unpaired) electrons. The molecule has 0 unspecified atom stereocenters. The number of nitrogens with two attached hydrogens (primary N) is 1. The number of fused-ring (bicyclic) bond motifs is 1. The lowest BCUT2D eigenvalue weighted by molar-refractivity contribution is -0.146. The normalized spacial score (nSPS) is 19.6. The lowest BCUT2D eigenvalue weighted by Gasteiger charge is -2.38. The van der Waals surface area contributed by atoms with Crippen LogP contribution in [-0.2, 0) is 20.8 Å². The monoisotopic (exact) mass is 466 g/mol. The second-order valence-corrected chi connectivity index (χ2v) is 8.58. The third-order valence-electron chi connectivity index (χ3n) is 6.09. The van der Waals surface area contributed by atoms with Crippen molar-refractivity contribution >= 4 is 35.1 Å². The Morgan fingerprint density at radius 1 is 1.18 bits per heavy atom. The lowest BCUT2D eigenvalue weighted by atomic mass is 9.89. The van der Waals surface area contributed by atoms with E-state index >= 15 is 0 Å². The van der Waals surface area contributed by atoms with E-state index in [9.17, 15) is 19.2 Å². The number of anilines is 2. The molecule has 2 aromatic heterocycles. The molecule has 2 atom stereocenters. The van der Waals surface area contributed by atoms with E-state index in [1.54, 1.807) is 11.1 Å². The molecule has 2 aliphatic heterocycles. The number of hydrogen-bond acceptors (Lipinski definition) is 7. The maximum Gasteiger partial charge on any atom is 0.313 e. The predicted octanol–water partition coefficient (Wildman–Crippen LogP) is 1.41. The summed E-state index contributed by atoms with van der Waals surface area (Å²) in [5.41, 5.74) is 7.23. The van der Waals surface area contributed by atoms with Crippen LogP contribution in [0.2, 0.25) is 0 Å². The second kappa shape index (κ2) is 9.46. The Labute approximate surface area is 196 Å². The van der Waals surface area contributed by atoms with Crippen LogP contribution in [0.3, 0.4) is 0 Å². The number of carbonyl (C=O) groups excluding carboxylic acids is 4. The highest BCUT2D eigenvalue weighted by atomic mass is 16.5. The van der Waals surface area contributed by atoms with Gasteiger partial charge in [0.25, 0.3) is 5.91 Å². The number of rotatable bonds is 4. The summed E-state index contributed by atoms with van der Waals surface area (Å²) in [5, 5.41) is 5.26. The number of ether oxygens (including phenoxy) is 1. The number of amides is 4. The minimum absolute atomic E-state index is 0.00977. The van der Waals surface area contributed by atoms with E-state index in [1.807, 2.05) is 13.0 Å². The van der Waals surface area contributed by atoms with E-state index in [0.29, 0.717) is 31.6 Å². The van der Waals surface area contributed by atoms with E-state index in [0.717, 1.165) is 17.5 Å². The average molecular weight is 466 g/mol. The summed E-state index contributed by atoms with van der Waals surface area (Å²) in [4.78, 5) is 59.2. The molecule has 0 spiro atoms. The number of nitrogens with one attached hydrogen (secondary N) is 2. The van der Waals surface area contributed by atoms with Gasteiger partial charge in [-0.2, -0.15) is 0 Å². The molecule has 4 rings (SSSR count). The number of hydrogen-bond donors (Lipinski definition) is 3. The Morgan fingerprint density at radius 3 is 2.71 bits per heavy atom. The molecule has 0 aromatic carbocycles. The molecule has 4 N–H and O–H groups in total. The van der Waals surface area contributed by atoms with Crippen molar-refractivity contribution in [2.45, 2.75) is 38.6 Å². The maximum absolute atomic E-state index is 13.2. The first-order valence-corrected chi connectivity index (χ1v) is 11.0. The van der Waals surface area contributed by atoms with Gasteiger partial charge in [-0.1, -0.05) is 6.92 Å². The third-order valence-corrected chi connectivity index (χ3v) is 6.09. The molecule has 1 fully saturated rings. The van der Waals surface area contributed by atoms with Gasteiger partial charge < -0.3 is 26.0 Å². The summed E-state index contributed by atoms with van der Waals surface area (Å²) in [6.45, 7) is 2.44. The topological polar surface area (TPSA) is 157 Å². The van der Waals surface area contributed by atoms with Gasteiger partial charge in [0, 0.05) is 19.2 Å². The zero-order valence-corrected chi connectivity index (χ0v) is 19.0. The van der Waals surface area contributed by atoms with Crippen molar-refractivity contribution < 1.29 is 23.9 Å². The van der Waals surface area contributed by atoms with Gasteiger partial charge >= 0.3 is 11.8 Å². The number of aryl methyl sites for hydroxylation is 1. The number of likely N-dealkylation sites (tertiary alicyclic amines) is 1. The Kier molecular flexibility index (Phi) is 6.44. The number of aromatic nitrogens is 2. The summed E-state index contributed by atoms with van der Waals surface area (Å²) in [7, 11) is 1.34. The van der Waals surface area contributed by atoms with E-state index in [4.69, 9.17) is 10.5 Å². The van der Waals surface area contributed by atoms with E-state index in [-0.39, 0.29) is 35.0 Å². The molecule has 4 heterocycles. The molecule has 34 heavy (non-hydrogen) atoms. The minimum atomic E-state index is -0.848. The number of primary amides is 1. The Balaban J connectivity index is 1.55. The van der Waals surface area contributed by atoms with E-state index in [1.165, 1.54) is 19.4 Å². The molecular weight excluding hydrogens is 440 g/mol. The fourth-order valence-corrected chi connectivity index (χ4v) is 4.36. The van der Waals surface area contributed by atoms with Crippen LogP contribution in [0.25, 0.3) is 0 Å². The fraction of sp³-hybridized carbons (Fsp3) is 0.391. The Morgan fingerprint density at radius 2 is 1.97 bits per heavy atom. The molecule has 0 saturated carbocycles. The SMILES string of the molecule is COc1ncc(NC(=O)C(=O)N2C[C@@H](C)CC[C@@H]2c2cnc3c(c2)CCC(=O)N3)cc1C(N)=O. The van der Waals surface area contributed by atoms with Crippen molar-refractivity contribution in [2.75, 3.05) is 24.3 Å². The highest BCUT2D eigenvalue weighted by Crippen LogP contribution is 2.35. The zero-order chi connectivity index (χ0) is 24.4. The number of methoxy groups -OCH3 is 1. The van der Waals surface area contributed by atoms with Crippen LogP contribution in [0.15, 0.2) is 24.5 Å². The Hall–Kier alpha value is -4.02. The van der Waals surface area contributed by atoms with Crippen LogP contribution in [-0.4, -0.2) is 52.2 Å². The molecule has 2 aliphatic rings. The molecule has 178 valence electrons. The van der Waals surface area contributed by atoms with Crippen LogP contribution < -0.4 is 21.1 Å². The van der Waals surface area contributed by atoms with Gasteiger partial charge in [0.2, 0.25) is 11.8 Å². The number of piperidine rings is 1. The van der Waals surface area contributed by atoms with Crippen LogP contribution >= 0.6 is 0 Å². The quantitative estimate of drug-likeness (QED) is 0.575. The first kappa shape index (κ1) is 23.1. The molecule has 4 amide bonds. The number of carbonyl (C=O) groups is 4.